The first kappa shape index (κ1) is 13.0. The Labute approximate surface area is 117 Å². The zero-order valence-corrected chi connectivity index (χ0v) is 12.3. The van der Waals surface area contributed by atoms with Crippen LogP contribution in [0.25, 0.3) is 0 Å². The molecule has 0 aromatic carbocycles. The summed E-state index contributed by atoms with van der Waals surface area (Å²) in [7, 11) is 0. The fraction of sp³-hybridized carbons (Fsp3) is 0.167. The summed E-state index contributed by atoms with van der Waals surface area (Å²) < 4.78 is 6.23. The van der Waals surface area contributed by atoms with E-state index in [-0.39, 0.29) is 11.7 Å². The third-order valence-corrected chi connectivity index (χ3v) is 3.95. The highest BCUT2D eigenvalue weighted by Crippen LogP contribution is 2.22. The molecule has 6 heteroatoms. The minimum Gasteiger partial charge on any atom is -0.456 e. The second-order valence-corrected chi connectivity index (χ2v) is 6.12. The Kier molecular flexibility index (Phi) is 3.98. The highest BCUT2D eigenvalue weighted by molar-refractivity contribution is 9.11. The Hall–Kier alpha value is -1.40. The van der Waals surface area contributed by atoms with Crippen molar-refractivity contribution < 1.29 is 9.21 Å². The molecule has 0 fully saturated rings. The first-order chi connectivity index (χ1) is 8.56. The largest absolute Gasteiger partial charge is 0.456 e. The Bertz CT molecular complexity index is 601. The molecule has 0 atom stereocenters. The van der Waals surface area contributed by atoms with Crippen LogP contribution in [0.3, 0.4) is 0 Å². The third-order valence-electron chi connectivity index (χ3n) is 2.22. The Morgan fingerprint density at radius 2 is 2.17 bits per heavy atom. The van der Waals surface area contributed by atoms with Gasteiger partial charge in [-0.3, -0.25) is 4.79 Å². The topological polar surface area (TPSA) is 54.6 Å². The Balaban J connectivity index is 2.04. The molecular weight excluding hydrogens is 316 g/mol. The second kappa shape index (κ2) is 5.49. The number of nitrogens with zero attached hydrogens (tertiary/aromatic N) is 1. The summed E-state index contributed by atoms with van der Waals surface area (Å²) in [5.41, 5.74) is 3.22. The molecule has 1 amide bonds. The smallest absolute Gasteiger partial charge is 0.307 e. The van der Waals surface area contributed by atoms with Gasteiger partial charge in [0.25, 0.3) is 0 Å². The van der Waals surface area contributed by atoms with Crippen LogP contribution >= 0.6 is 27.3 Å². The van der Waals surface area contributed by atoms with Crippen LogP contribution in [0, 0.1) is 6.92 Å². The molecule has 0 saturated carbocycles. The lowest BCUT2D eigenvalue weighted by Gasteiger charge is -1.98. The van der Waals surface area contributed by atoms with Gasteiger partial charge in [0.15, 0.2) is 5.76 Å². The van der Waals surface area contributed by atoms with E-state index in [2.05, 4.69) is 26.5 Å². The van der Waals surface area contributed by atoms with E-state index in [0.717, 1.165) is 14.4 Å². The second-order valence-electron chi connectivity index (χ2n) is 3.65. The normalized spacial score (nSPS) is 11.6. The van der Waals surface area contributed by atoms with Crippen LogP contribution in [0.1, 0.15) is 28.1 Å². The molecule has 0 bridgehead atoms. The number of amides is 1. The molecule has 94 valence electrons. The molecule has 0 aliphatic heterocycles. The summed E-state index contributed by atoms with van der Waals surface area (Å²) in [6, 6.07) is 7.24. The number of thiophene rings is 1. The lowest BCUT2D eigenvalue weighted by molar-refractivity contribution is 0.0926. The maximum atomic E-state index is 11.7. The van der Waals surface area contributed by atoms with E-state index in [4.69, 9.17) is 4.42 Å². The van der Waals surface area contributed by atoms with Gasteiger partial charge in [0.1, 0.15) is 5.76 Å². The minimum absolute atomic E-state index is 0.261. The average Bonchev–Trinajstić information content (AvgIpc) is 2.94. The number of halogens is 1. The highest BCUT2D eigenvalue weighted by atomic mass is 79.9. The summed E-state index contributed by atoms with van der Waals surface area (Å²) in [6.07, 6.45) is 0. The van der Waals surface area contributed by atoms with Crippen LogP contribution in [0.5, 0.6) is 0 Å². The molecule has 0 radical (unpaired) electrons. The maximum Gasteiger partial charge on any atom is 0.307 e. The summed E-state index contributed by atoms with van der Waals surface area (Å²) in [4.78, 5) is 12.7. The number of hydrogen-bond acceptors (Lipinski definition) is 4. The molecular formula is C12H11BrN2O2S. The van der Waals surface area contributed by atoms with Crippen molar-refractivity contribution in [1.29, 1.82) is 0 Å². The predicted octanol–water partition coefficient (Wildman–Crippen LogP) is 3.57. The number of nitrogens with one attached hydrogen (secondary N) is 1. The van der Waals surface area contributed by atoms with E-state index in [9.17, 15) is 4.79 Å². The van der Waals surface area contributed by atoms with Crippen LogP contribution in [-0.2, 0) is 0 Å². The van der Waals surface area contributed by atoms with Crippen LogP contribution in [0.4, 0.5) is 0 Å². The molecule has 2 aromatic heterocycles. The number of carbonyl (C=O) groups is 1. The van der Waals surface area contributed by atoms with Gasteiger partial charge in [-0.05, 0) is 54.0 Å². The van der Waals surface area contributed by atoms with Gasteiger partial charge in [-0.1, -0.05) is 0 Å². The average molecular weight is 327 g/mol. The van der Waals surface area contributed by atoms with Crippen LogP contribution in [-0.4, -0.2) is 11.6 Å². The monoisotopic (exact) mass is 326 g/mol. The molecule has 2 rings (SSSR count). The van der Waals surface area contributed by atoms with Gasteiger partial charge in [0.05, 0.1) is 14.4 Å². The van der Waals surface area contributed by atoms with Gasteiger partial charge in [-0.2, -0.15) is 5.10 Å². The predicted molar refractivity (Wildman–Crippen MR) is 75.1 cm³/mol. The number of hydrogen-bond donors (Lipinski definition) is 1. The van der Waals surface area contributed by atoms with Gasteiger partial charge in [-0.25, -0.2) is 5.43 Å². The van der Waals surface area contributed by atoms with Crippen LogP contribution < -0.4 is 5.43 Å². The number of hydrazone groups is 1. The van der Waals surface area contributed by atoms with Gasteiger partial charge in [0.2, 0.25) is 0 Å². The van der Waals surface area contributed by atoms with E-state index >= 15 is 0 Å². The summed E-state index contributed by atoms with van der Waals surface area (Å²) in [6.45, 7) is 3.63. The van der Waals surface area contributed by atoms with E-state index in [0.29, 0.717) is 5.76 Å². The first-order valence-corrected chi connectivity index (χ1v) is 6.84. The SMILES string of the molecule is CC(=NNC(=O)c1ccc(C)o1)c1ccc(Br)s1. The number of aryl methyl sites for hydroxylation is 1. The van der Waals surface area contributed by atoms with Crippen molar-refractivity contribution >= 4 is 38.9 Å². The fourth-order valence-corrected chi connectivity index (χ4v) is 2.64. The Morgan fingerprint density at radius 3 is 2.72 bits per heavy atom. The molecule has 4 nitrogen and oxygen atoms in total. The van der Waals surface area contributed by atoms with E-state index < -0.39 is 0 Å². The molecule has 0 aliphatic rings. The van der Waals surface area contributed by atoms with E-state index in [1.54, 1.807) is 30.4 Å². The molecule has 2 heterocycles. The van der Waals surface area contributed by atoms with Gasteiger partial charge in [0, 0.05) is 0 Å². The highest BCUT2D eigenvalue weighted by Gasteiger charge is 2.09. The van der Waals surface area contributed by atoms with Gasteiger partial charge >= 0.3 is 5.91 Å². The van der Waals surface area contributed by atoms with Gasteiger partial charge < -0.3 is 4.42 Å². The van der Waals surface area contributed by atoms with Crippen molar-refractivity contribution in [2.24, 2.45) is 5.10 Å². The first-order valence-electron chi connectivity index (χ1n) is 5.23. The maximum absolute atomic E-state index is 11.7. The zero-order chi connectivity index (χ0) is 13.1. The lowest BCUT2D eigenvalue weighted by Crippen LogP contribution is -2.18. The van der Waals surface area contributed by atoms with Crippen molar-refractivity contribution in [3.8, 4) is 0 Å². The van der Waals surface area contributed by atoms with Crippen molar-refractivity contribution in [3.05, 3.63) is 44.4 Å². The van der Waals surface area contributed by atoms with E-state index in [1.807, 2.05) is 19.1 Å². The molecule has 0 saturated heterocycles. The summed E-state index contributed by atoms with van der Waals surface area (Å²) in [5, 5.41) is 4.04. The molecule has 1 N–H and O–H groups in total. The lowest BCUT2D eigenvalue weighted by atomic mass is 10.3. The van der Waals surface area contributed by atoms with Crippen LogP contribution in [0.2, 0.25) is 0 Å². The molecule has 0 spiro atoms. The van der Waals surface area contributed by atoms with Crippen molar-refractivity contribution in [1.82, 2.24) is 5.43 Å². The minimum atomic E-state index is -0.349. The molecule has 18 heavy (non-hydrogen) atoms. The van der Waals surface area contributed by atoms with Crippen LogP contribution in [0.15, 0.2) is 37.6 Å². The van der Waals surface area contributed by atoms with E-state index in [1.165, 1.54) is 0 Å². The number of carbonyl (C=O) groups excluding carboxylic acids is 1. The van der Waals surface area contributed by atoms with Crippen molar-refractivity contribution in [2.75, 3.05) is 0 Å². The number of furan rings is 1. The quantitative estimate of drug-likeness (QED) is 0.692. The fourth-order valence-electron chi connectivity index (χ4n) is 1.31. The summed E-state index contributed by atoms with van der Waals surface area (Å²) in [5.74, 6) is 0.609. The molecule has 2 aromatic rings. The van der Waals surface area contributed by atoms with Gasteiger partial charge in [-0.15, -0.1) is 11.3 Å². The standard InChI is InChI=1S/C12H11BrN2O2S/c1-7-3-4-9(17-7)12(16)15-14-8(2)10-5-6-11(13)18-10/h3-6H,1-2H3,(H,15,16). The van der Waals surface area contributed by atoms with Crippen molar-refractivity contribution in [3.63, 3.8) is 0 Å². The Morgan fingerprint density at radius 1 is 1.39 bits per heavy atom. The zero-order valence-electron chi connectivity index (χ0n) is 9.86. The summed E-state index contributed by atoms with van der Waals surface area (Å²) >= 11 is 4.94. The third kappa shape index (κ3) is 3.08. The van der Waals surface area contributed by atoms with Crippen molar-refractivity contribution in [2.45, 2.75) is 13.8 Å². The molecule has 0 aliphatic carbocycles. The number of rotatable bonds is 3. The molecule has 0 unspecified atom stereocenters.